The lowest BCUT2D eigenvalue weighted by atomic mass is 9.93. The van der Waals surface area contributed by atoms with Crippen LogP contribution in [0.4, 0.5) is 4.39 Å². The van der Waals surface area contributed by atoms with E-state index in [9.17, 15) is 9.50 Å². The first-order valence-electron chi connectivity index (χ1n) is 4.97. The molecule has 14 heavy (non-hydrogen) atoms. The fourth-order valence-corrected chi connectivity index (χ4v) is 2.16. The summed E-state index contributed by atoms with van der Waals surface area (Å²) in [5, 5.41) is 9.35. The number of halogens is 1. The number of rotatable bonds is 2. The molecule has 2 unspecified atom stereocenters. The molecule has 0 radical (unpaired) electrons. The molecule has 1 aromatic carbocycles. The van der Waals surface area contributed by atoms with Gasteiger partial charge in [0.1, 0.15) is 5.82 Å². The molecule has 0 amide bonds. The standard InChI is InChI=1S/C12H15FO/c1-8-5-10(3-4-11(8)13)12(7-14)6-9(12)2/h3-5,9,14H,6-7H2,1-2H3. The van der Waals surface area contributed by atoms with Crippen LogP contribution in [0.3, 0.4) is 0 Å². The van der Waals surface area contributed by atoms with Crippen LogP contribution in [0, 0.1) is 18.7 Å². The van der Waals surface area contributed by atoms with E-state index in [-0.39, 0.29) is 17.8 Å². The zero-order valence-electron chi connectivity index (χ0n) is 8.55. The number of aryl methyl sites for hydroxylation is 1. The van der Waals surface area contributed by atoms with Crippen molar-refractivity contribution in [3.63, 3.8) is 0 Å². The second-order valence-corrected chi connectivity index (χ2v) is 4.38. The average molecular weight is 194 g/mol. The molecule has 1 N–H and O–H groups in total. The zero-order chi connectivity index (χ0) is 10.3. The molecule has 2 heteroatoms. The predicted octanol–water partition coefficient (Wildman–Crippen LogP) is 2.40. The molecular weight excluding hydrogens is 179 g/mol. The number of benzene rings is 1. The fraction of sp³-hybridized carbons (Fsp3) is 0.500. The number of aliphatic hydroxyl groups is 1. The highest BCUT2D eigenvalue weighted by Crippen LogP contribution is 2.53. The van der Waals surface area contributed by atoms with Gasteiger partial charge in [0.2, 0.25) is 0 Å². The molecule has 1 nitrogen and oxygen atoms in total. The first-order valence-corrected chi connectivity index (χ1v) is 4.97. The van der Waals surface area contributed by atoms with Crippen molar-refractivity contribution < 1.29 is 9.50 Å². The van der Waals surface area contributed by atoms with Gasteiger partial charge in [0, 0.05) is 5.41 Å². The Morgan fingerprint density at radius 3 is 2.64 bits per heavy atom. The second kappa shape index (κ2) is 3.06. The molecule has 0 heterocycles. The molecule has 0 aromatic heterocycles. The van der Waals surface area contributed by atoms with Crippen LogP contribution >= 0.6 is 0 Å². The smallest absolute Gasteiger partial charge is 0.126 e. The molecule has 1 aliphatic rings. The van der Waals surface area contributed by atoms with Crippen LogP contribution in [-0.2, 0) is 5.41 Å². The van der Waals surface area contributed by atoms with Crippen LogP contribution < -0.4 is 0 Å². The Labute approximate surface area is 83.6 Å². The van der Waals surface area contributed by atoms with Crippen molar-refractivity contribution in [1.29, 1.82) is 0 Å². The highest BCUT2D eigenvalue weighted by atomic mass is 19.1. The Bertz CT molecular complexity index is 357. The molecule has 1 aliphatic carbocycles. The summed E-state index contributed by atoms with van der Waals surface area (Å²) >= 11 is 0. The monoisotopic (exact) mass is 194 g/mol. The van der Waals surface area contributed by atoms with Crippen LogP contribution in [0.1, 0.15) is 24.5 Å². The summed E-state index contributed by atoms with van der Waals surface area (Å²) < 4.78 is 13.0. The topological polar surface area (TPSA) is 20.2 Å². The molecule has 2 rings (SSSR count). The van der Waals surface area contributed by atoms with Crippen molar-refractivity contribution in [1.82, 2.24) is 0 Å². The predicted molar refractivity (Wildman–Crippen MR) is 53.7 cm³/mol. The van der Waals surface area contributed by atoms with Gasteiger partial charge in [0.25, 0.3) is 0 Å². The molecule has 76 valence electrons. The summed E-state index contributed by atoms with van der Waals surface area (Å²) in [6.45, 7) is 4.05. The minimum Gasteiger partial charge on any atom is -0.395 e. The molecule has 1 saturated carbocycles. The van der Waals surface area contributed by atoms with E-state index in [1.165, 1.54) is 6.07 Å². The summed E-state index contributed by atoms with van der Waals surface area (Å²) in [7, 11) is 0. The lowest BCUT2D eigenvalue weighted by Crippen LogP contribution is -2.15. The Morgan fingerprint density at radius 2 is 2.21 bits per heavy atom. The lowest BCUT2D eigenvalue weighted by Gasteiger charge is -2.14. The molecule has 0 bridgehead atoms. The Balaban J connectivity index is 2.38. The maximum atomic E-state index is 13.0. The first kappa shape index (κ1) is 9.66. The third kappa shape index (κ3) is 1.25. The van der Waals surface area contributed by atoms with Gasteiger partial charge in [0.15, 0.2) is 0 Å². The summed E-state index contributed by atoms with van der Waals surface area (Å²) in [4.78, 5) is 0. The minimum absolute atomic E-state index is 0.0849. The normalized spacial score (nSPS) is 30.4. The second-order valence-electron chi connectivity index (χ2n) is 4.38. The van der Waals surface area contributed by atoms with Crippen molar-refractivity contribution in [3.8, 4) is 0 Å². The minimum atomic E-state index is -0.171. The summed E-state index contributed by atoms with van der Waals surface area (Å²) in [5.41, 5.74) is 1.65. The summed E-state index contributed by atoms with van der Waals surface area (Å²) in [5.74, 6) is 0.340. The van der Waals surface area contributed by atoms with Crippen LogP contribution in [0.25, 0.3) is 0 Å². The number of aliphatic hydroxyl groups excluding tert-OH is 1. The highest BCUT2D eigenvalue weighted by molar-refractivity contribution is 5.36. The zero-order valence-corrected chi connectivity index (χ0v) is 8.55. The number of hydrogen-bond donors (Lipinski definition) is 1. The van der Waals surface area contributed by atoms with Crippen molar-refractivity contribution in [2.45, 2.75) is 25.7 Å². The van der Waals surface area contributed by atoms with Crippen molar-refractivity contribution in [3.05, 3.63) is 35.1 Å². The van der Waals surface area contributed by atoms with E-state index < -0.39 is 0 Å². The maximum absolute atomic E-state index is 13.0. The molecular formula is C12H15FO. The molecule has 1 fully saturated rings. The Kier molecular flexibility index (Phi) is 2.11. The van der Waals surface area contributed by atoms with Gasteiger partial charge in [-0.2, -0.15) is 0 Å². The van der Waals surface area contributed by atoms with Gasteiger partial charge in [-0.3, -0.25) is 0 Å². The van der Waals surface area contributed by atoms with Gasteiger partial charge in [-0.15, -0.1) is 0 Å². The van der Waals surface area contributed by atoms with E-state index in [0.29, 0.717) is 11.5 Å². The van der Waals surface area contributed by atoms with Gasteiger partial charge in [-0.1, -0.05) is 19.1 Å². The van der Waals surface area contributed by atoms with Crippen LogP contribution in [0.15, 0.2) is 18.2 Å². The first-order chi connectivity index (χ1) is 6.60. The van der Waals surface area contributed by atoms with E-state index in [2.05, 4.69) is 6.92 Å². The SMILES string of the molecule is Cc1cc(C2(CO)CC2C)ccc1F. The van der Waals surface area contributed by atoms with Crippen LogP contribution in [0.2, 0.25) is 0 Å². The van der Waals surface area contributed by atoms with Gasteiger partial charge >= 0.3 is 0 Å². The fourth-order valence-electron chi connectivity index (χ4n) is 2.16. The largest absolute Gasteiger partial charge is 0.395 e. The molecule has 0 saturated heterocycles. The van der Waals surface area contributed by atoms with Gasteiger partial charge in [-0.25, -0.2) is 4.39 Å². The number of hydrogen-bond acceptors (Lipinski definition) is 1. The van der Waals surface area contributed by atoms with E-state index in [1.807, 2.05) is 6.07 Å². The van der Waals surface area contributed by atoms with Crippen molar-refractivity contribution in [2.75, 3.05) is 6.61 Å². The van der Waals surface area contributed by atoms with Gasteiger partial charge in [-0.05, 0) is 36.5 Å². The molecule has 0 spiro atoms. The van der Waals surface area contributed by atoms with Crippen LogP contribution in [-0.4, -0.2) is 11.7 Å². The van der Waals surface area contributed by atoms with Crippen molar-refractivity contribution in [2.24, 2.45) is 5.92 Å². The van der Waals surface area contributed by atoms with Crippen LogP contribution in [0.5, 0.6) is 0 Å². The molecule has 0 aliphatic heterocycles. The lowest BCUT2D eigenvalue weighted by molar-refractivity contribution is 0.247. The third-order valence-corrected chi connectivity index (χ3v) is 3.47. The summed E-state index contributed by atoms with van der Waals surface area (Å²) in [6.07, 6.45) is 1.01. The van der Waals surface area contributed by atoms with E-state index in [4.69, 9.17) is 0 Å². The quantitative estimate of drug-likeness (QED) is 0.766. The van der Waals surface area contributed by atoms with Gasteiger partial charge < -0.3 is 5.11 Å². The Morgan fingerprint density at radius 1 is 1.57 bits per heavy atom. The van der Waals surface area contributed by atoms with E-state index in [0.717, 1.165) is 12.0 Å². The maximum Gasteiger partial charge on any atom is 0.126 e. The highest BCUT2D eigenvalue weighted by Gasteiger charge is 2.51. The van der Waals surface area contributed by atoms with Crippen molar-refractivity contribution >= 4 is 0 Å². The average Bonchev–Trinajstić information content (AvgIpc) is 2.83. The molecule has 1 aromatic rings. The Hall–Kier alpha value is -0.890. The van der Waals surface area contributed by atoms with E-state index in [1.54, 1.807) is 13.0 Å². The summed E-state index contributed by atoms with van der Waals surface area (Å²) in [6, 6.07) is 5.14. The van der Waals surface area contributed by atoms with E-state index >= 15 is 0 Å². The third-order valence-electron chi connectivity index (χ3n) is 3.47. The molecule has 2 atom stereocenters. The van der Waals surface area contributed by atoms with Gasteiger partial charge in [0.05, 0.1) is 6.61 Å².